The molecule has 0 radical (unpaired) electrons. The van der Waals surface area contributed by atoms with Crippen molar-refractivity contribution < 1.29 is 14.7 Å². The first-order valence-corrected chi connectivity index (χ1v) is 9.05. The fraction of sp³-hybridized carbons (Fsp3) is 0.238. The molecule has 0 unspecified atom stereocenters. The van der Waals surface area contributed by atoms with Crippen molar-refractivity contribution >= 4 is 11.9 Å². The molecule has 142 valence electrons. The predicted molar refractivity (Wildman–Crippen MR) is 102 cm³/mol. The van der Waals surface area contributed by atoms with Crippen LogP contribution in [0.4, 0.5) is 0 Å². The number of aliphatic carboxylic acids is 1. The molecule has 2 heterocycles. The number of hydrogen-bond acceptors (Lipinski definition) is 4. The summed E-state index contributed by atoms with van der Waals surface area (Å²) in [5.41, 5.74) is 3.21. The highest BCUT2D eigenvalue weighted by Gasteiger charge is 2.34. The summed E-state index contributed by atoms with van der Waals surface area (Å²) in [6.07, 6.45) is 0.312. The molecule has 1 aromatic heterocycles. The Labute approximate surface area is 162 Å². The molecule has 28 heavy (non-hydrogen) atoms. The zero-order chi connectivity index (χ0) is 19.8. The lowest BCUT2D eigenvalue weighted by Gasteiger charge is -2.34. The Morgan fingerprint density at radius 3 is 2.32 bits per heavy atom. The second-order valence-corrected chi connectivity index (χ2v) is 6.92. The molecule has 2 aromatic carbocycles. The molecule has 0 spiro atoms. The summed E-state index contributed by atoms with van der Waals surface area (Å²) in [5.74, 6) is 0.150. The lowest BCUT2D eigenvalue weighted by molar-refractivity contribution is -0.142. The molecule has 7 heteroatoms. The first-order valence-electron chi connectivity index (χ1n) is 9.05. The highest BCUT2D eigenvalue weighted by molar-refractivity contribution is 5.97. The van der Waals surface area contributed by atoms with E-state index in [1.54, 1.807) is 28.9 Å². The smallest absolute Gasteiger partial charge is 0.326 e. The van der Waals surface area contributed by atoms with E-state index in [9.17, 15) is 14.7 Å². The molecule has 7 nitrogen and oxygen atoms in total. The van der Waals surface area contributed by atoms with Crippen LogP contribution in [0.25, 0.3) is 5.69 Å². The van der Waals surface area contributed by atoms with E-state index in [2.05, 4.69) is 10.1 Å². The SMILES string of the molecule is Cc1nc(C)n(-c2ccc(C(=O)N3Cc4ccccc4C[C@H]3C(=O)O)cc2)n1. The molecule has 0 bridgehead atoms. The van der Waals surface area contributed by atoms with Gasteiger partial charge in [0.25, 0.3) is 5.91 Å². The first kappa shape index (κ1) is 17.9. The number of rotatable bonds is 3. The van der Waals surface area contributed by atoms with Crippen LogP contribution in [0, 0.1) is 13.8 Å². The van der Waals surface area contributed by atoms with Crippen LogP contribution in [-0.2, 0) is 17.8 Å². The number of carbonyl (C=O) groups excluding carboxylic acids is 1. The van der Waals surface area contributed by atoms with Gasteiger partial charge < -0.3 is 10.0 Å². The highest BCUT2D eigenvalue weighted by atomic mass is 16.4. The number of amides is 1. The normalized spacial score (nSPS) is 15.9. The van der Waals surface area contributed by atoms with Crippen LogP contribution in [0.1, 0.15) is 33.1 Å². The third kappa shape index (κ3) is 3.15. The maximum absolute atomic E-state index is 13.1. The number of carboxylic acids is 1. The van der Waals surface area contributed by atoms with Gasteiger partial charge >= 0.3 is 5.97 Å². The molecular weight excluding hydrogens is 356 g/mol. The van der Waals surface area contributed by atoms with Crippen LogP contribution in [0.2, 0.25) is 0 Å². The fourth-order valence-electron chi connectivity index (χ4n) is 3.63. The van der Waals surface area contributed by atoms with Crippen molar-refractivity contribution in [2.75, 3.05) is 0 Å². The minimum Gasteiger partial charge on any atom is -0.480 e. The van der Waals surface area contributed by atoms with Crippen molar-refractivity contribution in [1.29, 1.82) is 0 Å². The largest absolute Gasteiger partial charge is 0.480 e. The van der Waals surface area contributed by atoms with E-state index in [1.807, 2.05) is 38.1 Å². The summed E-state index contributed by atoms with van der Waals surface area (Å²) in [5, 5.41) is 14.0. The van der Waals surface area contributed by atoms with Gasteiger partial charge in [0, 0.05) is 18.5 Å². The van der Waals surface area contributed by atoms with Gasteiger partial charge in [0.1, 0.15) is 17.7 Å². The Morgan fingerprint density at radius 2 is 1.71 bits per heavy atom. The number of carboxylic acid groups (broad SMARTS) is 1. The number of aromatic nitrogens is 3. The van der Waals surface area contributed by atoms with Crippen LogP contribution < -0.4 is 0 Å². The average molecular weight is 376 g/mol. The molecule has 1 amide bonds. The van der Waals surface area contributed by atoms with Gasteiger partial charge in [-0.3, -0.25) is 4.79 Å². The van der Waals surface area contributed by atoms with Gasteiger partial charge in [-0.05, 0) is 49.2 Å². The van der Waals surface area contributed by atoms with Gasteiger partial charge in [0.15, 0.2) is 0 Å². The van der Waals surface area contributed by atoms with Crippen LogP contribution in [-0.4, -0.2) is 42.7 Å². The monoisotopic (exact) mass is 376 g/mol. The van der Waals surface area contributed by atoms with Crippen LogP contribution in [0.15, 0.2) is 48.5 Å². The Balaban J connectivity index is 1.63. The Morgan fingerprint density at radius 1 is 1.04 bits per heavy atom. The van der Waals surface area contributed by atoms with Crippen molar-refractivity contribution in [2.24, 2.45) is 0 Å². The zero-order valence-corrected chi connectivity index (χ0v) is 15.7. The number of carbonyl (C=O) groups is 2. The number of benzene rings is 2. The molecule has 0 saturated heterocycles. The summed E-state index contributed by atoms with van der Waals surface area (Å²) < 4.78 is 1.71. The molecule has 1 N–H and O–H groups in total. The van der Waals surface area contributed by atoms with Crippen molar-refractivity contribution in [1.82, 2.24) is 19.7 Å². The third-order valence-electron chi connectivity index (χ3n) is 5.03. The van der Waals surface area contributed by atoms with Crippen molar-refractivity contribution in [3.63, 3.8) is 0 Å². The second kappa shape index (κ2) is 6.92. The molecule has 1 atom stereocenters. The zero-order valence-electron chi connectivity index (χ0n) is 15.7. The van der Waals surface area contributed by atoms with E-state index >= 15 is 0 Å². The summed E-state index contributed by atoms with van der Waals surface area (Å²) in [6.45, 7) is 3.97. The van der Waals surface area contributed by atoms with Crippen LogP contribution in [0.3, 0.4) is 0 Å². The maximum Gasteiger partial charge on any atom is 0.326 e. The maximum atomic E-state index is 13.1. The molecule has 0 fully saturated rings. The van der Waals surface area contributed by atoms with E-state index < -0.39 is 12.0 Å². The number of fused-ring (bicyclic) bond motifs is 1. The highest BCUT2D eigenvalue weighted by Crippen LogP contribution is 2.25. The Hall–Kier alpha value is -3.48. The first-order chi connectivity index (χ1) is 13.4. The number of aryl methyl sites for hydroxylation is 2. The summed E-state index contributed by atoms with van der Waals surface area (Å²) in [6, 6.07) is 13.8. The quantitative estimate of drug-likeness (QED) is 0.759. The standard InChI is InChI=1S/C21H20N4O3/c1-13-22-14(2)25(23-13)18-9-7-15(8-10-18)20(26)24-12-17-6-4-3-5-16(17)11-19(24)21(27)28/h3-10,19H,11-12H2,1-2H3,(H,27,28)/t19-/m0/s1. The van der Waals surface area contributed by atoms with Crippen molar-refractivity contribution in [2.45, 2.75) is 32.9 Å². The van der Waals surface area contributed by atoms with Gasteiger partial charge in [0.2, 0.25) is 0 Å². The van der Waals surface area contributed by atoms with Gasteiger partial charge in [-0.25, -0.2) is 14.5 Å². The average Bonchev–Trinajstić information content (AvgIpc) is 3.04. The summed E-state index contributed by atoms with van der Waals surface area (Å²) in [7, 11) is 0. The van der Waals surface area contributed by atoms with E-state index in [4.69, 9.17) is 0 Å². The molecule has 1 aliphatic rings. The predicted octanol–water partition coefficient (Wildman–Crippen LogP) is 2.54. The molecule has 0 aliphatic carbocycles. The number of hydrogen-bond donors (Lipinski definition) is 1. The molecular formula is C21H20N4O3. The number of nitrogens with zero attached hydrogens (tertiary/aromatic N) is 4. The summed E-state index contributed by atoms with van der Waals surface area (Å²) in [4.78, 5) is 30.6. The topological polar surface area (TPSA) is 88.3 Å². The lowest BCUT2D eigenvalue weighted by atomic mass is 9.93. The van der Waals surface area contributed by atoms with E-state index in [0.29, 0.717) is 17.8 Å². The van der Waals surface area contributed by atoms with Gasteiger partial charge in [0.05, 0.1) is 5.69 Å². The molecule has 4 rings (SSSR count). The summed E-state index contributed by atoms with van der Waals surface area (Å²) >= 11 is 0. The van der Waals surface area contributed by atoms with Crippen LogP contribution >= 0.6 is 0 Å². The van der Waals surface area contributed by atoms with Gasteiger partial charge in [-0.15, -0.1) is 0 Å². The Bertz CT molecular complexity index is 1060. The van der Waals surface area contributed by atoms with E-state index in [1.165, 1.54) is 4.90 Å². The molecule has 3 aromatic rings. The van der Waals surface area contributed by atoms with Crippen molar-refractivity contribution in [3.8, 4) is 5.69 Å². The third-order valence-corrected chi connectivity index (χ3v) is 5.03. The van der Waals surface area contributed by atoms with Crippen LogP contribution in [0.5, 0.6) is 0 Å². The van der Waals surface area contributed by atoms with Crippen molar-refractivity contribution in [3.05, 3.63) is 76.9 Å². The minimum absolute atomic E-state index is 0.287. The minimum atomic E-state index is -0.992. The van der Waals surface area contributed by atoms with Gasteiger partial charge in [-0.2, -0.15) is 5.10 Å². The van der Waals surface area contributed by atoms with Gasteiger partial charge in [-0.1, -0.05) is 24.3 Å². The second-order valence-electron chi connectivity index (χ2n) is 6.92. The Kier molecular flexibility index (Phi) is 4.43. The van der Waals surface area contributed by atoms with E-state index in [0.717, 1.165) is 22.6 Å². The molecule has 1 aliphatic heterocycles. The fourth-order valence-corrected chi connectivity index (χ4v) is 3.63. The van der Waals surface area contributed by atoms with E-state index in [-0.39, 0.29) is 12.5 Å². The molecule has 0 saturated carbocycles. The lowest BCUT2D eigenvalue weighted by Crippen LogP contribution is -2.48.